The van der Waals surface area contributed by atoms with Gasteiger partial charge in [-0.05, 0) is 79.4 Å². The summed E-state index contributed by atoms with van der Waals surface area (Å²) in [6.07, 6.45) is 6.87. The summed E-state index contributed by atoms with van der Waals surface area (Å²) in [5.41, 5.74) is 5.19. The summed E-state index contributed by atoms with van der Waals surface area (Å²) in [5.74, 6) is 1.43. The summed E-state index contributed by atoms with van der Waals surface area (Å²) < 4.78 is 5.43. The van der Waals surface area contributed by atoms with E-state index in [0.29, 0.717) is 5.92 Å². The minimum Gasteiger partial charge on any atom is -0.497 e. The highest BCUT2D eigenvalue weighted by molar-refractivity contribution is 6.30. The first-order valence-electron chi connectivity index (χ1n) is 9.02. The fourth-order valence-corrected chi connectivity index (χ4v) is 3.65. The second-order valence-corrected chi connectivity index (χ2v) is 7.54. The molecular formula is C23H26ClNO. The maximum Gasteiger partial charge on any atom is 0.119 e. The molecule has 2 nitrogen and oxygen atoms in total. The lowest BCUT2D eigenvalue weighted by Gasteiger charge is -2.28. The number of ether oxygens (including phenoxy) is 1. The first-order valence-corrected chi connectivity index (χ1v) is 9.40. The van der Waals surface area contributed by atoms with Gasteiger partial charge in [-0.3, -0.25) is 0 Å². The molecule has 1 atom stereocenters. The van der Waals surface area contributed by atoms with Gasteiger partial charge in [-0.25, -0.2) is 0 Å². The smallest absolute Gasteiger partial charge is 0.119 e. The van der Waals surface area contributed by atoms with Gasteiger partial charge in [-0.1, -0.05) is 48.0 Å². The third-order valence-corrected chi connectivity index (χ3v) is 5.02. The van der Waals surface area contributed by atoms with Crippen molar-refractivity contribution in [2.24, 2.45) is 5.92 Å². The van der Waals surface area contributed by atoms with Crippen LogP contribution in [0.15, 0.2) is 60.2 Å². The Morgan fingerprint density at radius 3 is 2.62 bits per heavy atom. The molecule has 0 aliphatic heterocycles. The Bertz CT molecular complexity index is 805. The van der Waals surface area contributed by atoms with Crippen LogP contribution in [0.1, 0.15) is 24.0 Å². The molecule has 0 saturated carbocycles. The SMILES string of the molecule is COc1cccc(C2=C/C(=C\c3ccc(Cl)cc3)CCC2CN(C)C)c1. The lowest BCUT2D eigenvalue weighted by atomic mass is 9.81. The van der Waals surface area contributed by atoms with Gasteiger partial charge in [0, 0.05) is 11.6 Å². The number of hydrogen-bond donors (Lipinski definition) is 0. The van der Waals surface area contributed by atoms with E-state index in [2.05, 4.69) is 61.5 Å². The molecule has 0 bridgehead atoms. The highest BCUT2D eigenvalue weighted by Crippen LogP contribution is 2.37. The Morgan fingerprint density at radius 1 is 1.15 bits per heavy atom. The Morgan fingerprint density at radius 2 is 1.92 bits per heavy atom. The summed E-state index contributed by atoms with van der Waals surface area (Å²) in [6, 6.07) is 16.4. The molecule has 3 heteroatoms. The number of rotatable bonds is 5. The minimum atomic E-state index is 0.527. The normalized spacial score (nSPS) is 18.9. The summed E-state index contributed by atoms with van der Waals surface area (Å²) in [5, 5.41) is 0.773. The first-order chi connectivity index (χ1) is 12.5. The van der Waals surface area contributed by atoms with Gasteiger partial charge in [0.15, 0.2) is 0 Å². The molecule has 0 radical (unpaired) electrons. The van der Waals surface area contributed by atoms with Crippen LogP contribution >= 0.6 is 11.6 Å². The van der Waals surface area contributed by atoms with E-state index in [1.807, 2.05) is 18.2 Å². The number of hydrogen-bond acceptors (Lipinski definition) is 2. The van der Waals surface area contributed by atoms with Crippen molar-refractivity contribution in [1.82, 2.24) is 4.90 Å². The van der Waals surface area contributed by atoms with Crippen LogP contribution in [0.25, 0.3) is 11.6 Å². The van der Waals surface area contributed by atoms with Gasteiger partial charge in [-0.15, -0.1) is 0 Å². The van der Waals surface area contributed by atoms with Crippen LogP contribution in [-0.2, 0) is 0 Å². The molecule has 136 valence electrons. The molecule has 3 rings (SSSR count). The molecule has 0 amide bonds. The van der Waals surface area contributed by atoms with Crippen LogP contribution in [0.5, 0.6) is 5.75 Å². The first kappa shape index (κ1) is 18.8. The largest absolute Gasteiger partial charge is 0.497 e. The molecule has 0 spiro atoms. The summed E-state index contributed by atoms with van der Waals surface area (Å²) >= 11 is 6.00. The number of methoxy groups -OCH3 is 1. The molecule has 1 aliphatic rings. The molecule has 0 heterocycles. The Hall–Kier alpha value is -2.03. The van der Waals surface area contributed by atoms with Crippen molar-refractivity contribution >= 4 is 23.3 Å². The average Bonchev–Trinajstić information content (AvgIpc) is 2.64. The van der Waals surface area contributed by atoms with E-state index >= 15 is 0 Å². The van der Waals surface area contributed by atoms with E-state index in [1.165, 1.54) is 22.3 Å². The third-order valence-electron chi connectivity index (χ3n) is 4.77. The Labute approximate surface area is 161 Å². The molecular weight excluding hydrogens is 342 g/mol. The lowest BCUT2D eigenvalue weighted by Crippen LogP contribution is -2.24. The highest BCUT2D eigenvalue weighted by Gasteiger charge is 2.22. The second-order valence-electron chi connectivity index (χ2n) is 7.10. The summed E-state index contributed by atoms with van der Waals surface area (Å²) in [6.45, 7) is 1.05. The van der Waals surface area contributed by atoms with Crippen molar-refractivity contribution in [2.75, 3.05) is 27.7 Å². The number of halogens is 1. The van der Waals surface area contributed by atoms with Crippen LogP contribution < -0.4 is 4.74 Å². The highest BCUT2D eigenvalue weighted by atomic mass is 35.5. The maximum atomic E-state index is 6.00. The fraction of sp³-hybridized carbons (Fsp3) is 0.304. The van der Waals surface area contributed by atoms with Crippen molar-refractivity contribution in [3.8, 4) is 5.75 Å². The van der Waals surface area contributed by atoms with Crippen molar-refractivity contribution in [2.45, 2.75) is 12.8 Å². The standard InChI is InChI=1S/C23H26ClNO/c1-25(2)16-20-10-7-18(13-17-8-11-21(24)12-9-17)14-23(20)19-5-4-6-22(15-19)26-3/h4-6,8-9,11-15,20H,7,10,16H2,1-3H3/b18-13-. The molecule has 0 N–H and O–H groups in total. The Kier molecular flexibility index (Phi) is 6.18. The summed E-state index contributed by atoms with van der Waals surface area (Å²) in [4.78, 5) is 2.27. The van der Waals surface area contributed by atoms with E-state index in [1.54, 1.807) is 7.11 Å². The van der Waals surface area contributed by atoms with Crippen molar-refractivity contribution < 1.29 is 4.74 Å². The molecule has 2 aromatic carbocycles. The number of benzene rings is 2. The van der Waals surface area contributed by atoms with Crippen molar-refractivity contribution in [3.05, 3.63) is 76.3 Å². The van der Waals surface area contributed by atoms with Gasteiger partial charge < -0.3 is 9.64 Å². The molecule has 1 unspecified atom stereocenters. The van der Waals surface area contributed by atoms with Crippen molar-refractivity contribution in [1.29, 1.82) is 0 Å². The Balaban J connectivity index is 1.97. The van der Waals surface area contributed by atoms with Gasteiger partial charge in [0.2, 0.25) is 0 Å². The zero-order chi connectivity index (χ0) is 18.5. The monoisotopic (exact) mass is 367 g/mol. The zero-order valence-electron chi connectivity index (χ0n) is 15.7. The van der Waals surface area contributed by atoms with Crippen LogP contribution in [0.4, 0.5) is 0 Å². The van der Waals surface area contributed by atoms with Crippen LogP contribution in [0.3, 0.4) is 0 Å². The molecule has 1 aliphatic carbocycles. The molecule has 0 fully saturated rings. The van der Waals surface area contributed by atoms with Gasteiger partial charge in [0.1, 0.15) is 5.75 Å². The predicted octanol–water partition coefficient (Wildman–Crippen LogP) is 5.79. The van der Waals surface area contributed by atoms with Crippen molar-refractivity contribution in [3.63, 3.8) is 0 Å². The predicted molar refractivity (Wildman–Crippen MR) is 112 cm³/mol. The van der Waals surface area contributed by atoms with Gasteiger partial charge in [0.05, 0.1) is 7.11 Å². The van der Waals surface area contributed by atoms with E-state index in [0.717, 1.165) is 30.2 Å². The molecule has 0 aromatic heterocycles. The van der Waals surface area contributed by atoms with Gasteiger partial charge in [-0.2, -0.15) is 0 Å². The molecule has 2 aromatic rings. The van der Waals surface area contributed by atoms with E-state index in [9.17, 15) is 0 Å². The fourth-order valence-electron chi connectivity index (χ4n) is 3.53. The number of nitrogens with zero attached hydrogens (tertiary/aromatic N) is 1. The molecule has 26 heavy (non-hydrogen) atoms. The minimum absolute atomic E-state index is 0.527. The maximum absolute atomic E-state index is 6.00. The van der Waals surface area contributed by atoms with Gasteiger partial charge in [0.25, 0.3) is 0 Å². The van der Waals surface area contributed by atoms with Crippen LogP contribution in [-0.4, -0.2) is 32.6 Å². The quantitative estimate of drug-likeness (QED) is 0.663. The van der Waals surface area contributed by atoms with E-state index in [4.69, 9.17) is 16.3 Å². The summed E-state index contributed by atoms with van der Waals surface area (Å²) in [7, 11) is 6.00. The molecule has 0 saturated heterocycles. The second kappa shape index (κ2) is 8.57. The van der Waals surface area contributed by atoms with Crippen LogP contribution in [0, 0.1) is 5.92 Å². The average molecular weight is 368 g/mol. The lowest BCUT2D eigenvalue weighted by molar-refractivity contribution is 0.352. The van der Waals surface area contributed by atoms with E-state index in [-0.39, 0.29) is 0 Å². The van der Waals surface area contributed by atoms with E-state index < -0.39 is 0 Å². The zero-order valence-corrected chi connectivity index (χ0v) is 16.5. The third kappa shape index (κ3) is 4.78. The van der Waals surface area contributed by atoms with Crippen LogP contribution in [0.2, 0.25) is 5.02 Å². The van der Waals surface area contributed by atoms with Gasteiger partial charge >= 0.3 is 0 Å². The topological polar surface area (TPSA) is 12.5 Å². The number of allylic oxidation sites excluding steroid dienone is 2.